The Morgan fingerprint density at radius 1 is 1.25 bits per heavy atom. The van der Waals surface area contributed by atoms with E-state index in [0.717, 1.165) is 47.4 Å². The van der Waals surface area contributed by atoms with Crippen molar-refractivity contribution < 1.29 is 14.3 Å². The van der Waals surface area contributed by atoms with Crippen LogP contribution in [0.2, 0.25) is 0 Å². The molecule has 3 rings (SSSR count). The molecule has 126 valence electrons. The zero-order valence-corrected chi connectivity index (χ0v) is 14.6. The van der Waals surface area contributed by atoms with Gasteiger partial charge < -0.3 is 15.8 Å². The van der Waals surface area contributed by atoms with Crippen LogP contribution in [0.5, 0.6) is 5.75 Å². The largest absolute Gasteiger partial charge is 0.497 e. The summed E-state index contributed by atoms with van der Waals surface area (Å²) in [4.78, 5) is 24.5. The number of carbonyl (C=O) groups is 2. The number of amides is 2. The third kappa shape index (κ3) is 3.01. The summed E-state index contributed by atoms with van der Waals surface area (Å²) in [6.07, 6.45) is 3.75. The van der Waals surface area contributed by atoms with Crippen molar-refractivity contribution in [1.29, 1.82) is 0 Å². The maximum atomic E-state index is 12.0. The molecule has 3 N–H and O–H groups in total. The van der Waals surface area contributed by atoms with Crippen molar-refractivity contribution in [2.75, 3.05) is 12.4 Å². The Labute approximate surface area is 144 Å². The van der Waals surface area contributed by atoms with Crippen LogP contribution >= 0.6 is 11.3 Å². The van der Waals surface area contributed by atoms with Gasteiger partial charge in [-0.2, -0.15) is 0 Å². The van der Waals surface area contributed by atoms with E-state index in [0.29, 0.717) is 10.6 Å². The fraction of sp³-hybridized carbons (Fsp3) is 0.333. The maximum absolute atomic E-state index is 12.0. The Bertz CT molecular complexity index is 811. The number of primary amides is 1. The number of anilines is 1. The van der Waals surface area contributed by atoms with Gasteiger partial charge in [0.2, 0.25) is 5.91 Å². The molecule has 1 aliphatic carbocycles. The van der Waals surface area contributed by atoms with E-state index in [4.69, 9.17) is 10.5 Å². The van der Waals surface area contributed by atoms with Gasteiger partial charge >= 0.3 is 0 Å². The quantitative estimate of drug-likeness (QED) is 0.896. The Morgan fingerprint density at radius 2 is 2.00 bits per heavy atom. The molecule has 1 aromatic carbocycles. The molecule has 5 nitrogen and oxygen atoms in total. The van der Waals surface area contributed by atoms with Crippen LogP contribution < -0.4 is 15.8 Å². The van der Waals surface area contributed by atoms with Gasteiger partial charge in [-0.1, -0.05) is 0 Å². The van der Waals surface area contributed by atoms with Crippen LogP contribution in [0.4, 0.5) is 5.00 Å². The Hall–Kier alpha value is -2.34. The van der Waals surface area contributed by atoms with Crippen LogP contribution in [-0.4, -0.2) is 18.9 Å². The number of carbonyl (C=O) groups excluding carboxylic acids is 2. The number of ether oxygens (including phenoxy) is 1. The number of thiophene rings is 1. The highest BCUT2D eigenvalue weighted by atomic mass is 32.1. The minimum Gasteiger partial charge on any atom is -0.497 e. The average Bonchev–Trinajstić information content (AvgIpc) is 2.86. The van der Waals surface area contributed by atoms with E-state index < -0.39 is 5.91 Å². The molecule has 2 amide bonds. The first-order valence-electron chi connectivity index (χ1n) is 7.91. The van der Waals surface area contributed by atoms with Gasteiger partial charge in [0.15, 0.2) is 0 Å². The summed E-state index contributed by atoms with van der Waals surface area (Å²) >= 11 is 1.42. The summed E-state index contributed by atoms with van der Waals surface area (Å²) in [7, 11) is 1.65. The molecule has 0 atom stereocenters. The Balaban J connectivity index is 2.22. The second-order valence-electron chi connectivity index (χ2n) is 5.89. The molecule has 1 heterocycles. The highest BCUT2D eigenvalue weighted by molar-refractivity contribution is 7.20. The summed E-state index contributed by atoms with van der Waals surface area (Å²) in [5, 5.41) is 3.31. The zero-order valence-electron chi connectivity index (χ0n) is 13.8. The van der Waals surface area contributed by atoms with E-state index >= 15 is 0 Å². The molecule has 24 heavy (non-hydrogen) atoms. The highest BCUT2D eigenvalue weighted by Gasteiger charge is 2.25. The number of fused-ring (bicyclic) bond motifs is 3. The summed E-state index contributed by atoms with van der Waals surface area (Å²) in [6, 6.07) is 6.00. The molecule has 0 spiro atoms. The van der Waals surface area contributed by atoms with E-state index in [9.17, 15) is 9.59 Å². The summed E-state index contributed by atoms with van der Waals surface area (Å²) in [6.45, 7) is 1.43. The van der Waals surface area contributed by atoms with Crippen molar-refractivity contribution in [2.45, 2.75) is 32.6 Å². The summed E-state index contributed by atoms with van der Waals surface area (Å²) in [5.41, 5.74) is 9.30. The minimum atomic E-state index is -0.494. The monoisotopic (exact) mass is 344 g/mol. The van der Waals surface area contributed by atoms with Gasteiger partial charge in [-0.05, 0) is 60.6 Å². The lowest BCUT2D eigenvalue weighted by Gasteiger charge is -2.16. The molecule has 0 fully saturated rings. The first-order valence-corrected chi connectivity index (χ1v) is 8.73. The van der Waals surface area contributed by atoms with E-state index in [1.807, 2.05) is 18.2 Å². The fourth-order valence-electron chi connectivity index (χ4n) is 3.17. The van der Waals surface area contributed by atoms with E-state index in [1.165, 1.54) is 23.8 Å². The second kappa shape index (κ2) is 6.65. The number of methoxy groups -OCH3 is 1. The van der Waals surface area contributed by atoms with E-state index in [-0.39, 0.29) is 5.91 Å². The van der Waals surface area contributed by atoms with Crippen LogP contribution in [0.25, 0.3) is 10.4 Å². The van der Waals surface area contributed by atoms with Gasteiger partial charge in [-0.15, -0.1) is 11.3 Å². The molecule has 0 saturated heterocycles. The van der Waals surface area contributed by atoms with Crippen LogP contribution in [0.1, 0.15) is 41.3 Å². The lowest BCUT2D eigenvalue weighted by molar-refractivity contribution is -0.114. The molecule has 0 aliphatic heterocycles. The van der Waals surface area contributed by atoms with Gasteiger partial charge in [0.1, 0.15) is 10.8 Å². The van der Waals surface area contributed by atoms with Crippen molar-refractivity contribution in [3.05, 3.63) is 34.9 Å². The summed E-state index contributed by atoms with van der Waals surface area (Å²) in [5.74, 6) is 0.123. The van der Waals surface area contributed by atoms with E-state index in [1.54, 1.807) is 7.11 Å². The van der Waals surface area contributed by atoms with E-state index in [2.05, 4.69) is 5.32 Å². The van der Waals surface area contributed by atoms with Crippen LogP contribution in [0.3, 0.4) is 0 Å². The first-order chi connectivity index (χ1) is 11.5. The van der Waals surface area contributed by atoms with Gasteiger partial charge in [-0.3, -0.25) is 9.59 Å². The zero-order chi connectivity index (χ0) is 17.3. The highest BCUT2D eigenvalue weighted by Crippen LogP contribution is 2.44. The predicted molar refractivity (Wildman–Crippen MR) is 95.8 cm³/mol. The number of nitrogens with two attached hydrogens (primary N) is 1. The normalized spacial score (nSPS) is 13.2. The maximum Gasteiger partial charge on any atom is 0.252 e. The SMILES string of the molecule is COc1ccc2c(c1)CCCCc1c-2sc(NC(C)=O)c1C(N)=O. The van der Waals surface area contributed by atoms with Crippen LogP contribution in [0, 0.1) is 0 Å². The molecule has 1 aliphatic rings. The first kappa shape index (κ1) is 16.5. The molecular weight excluding hydrogens is 324 g/mol. The predicted octanol–water partition coefficient (Wildman–Crippen LogP) is 3.36. The molecule has 1 aromatic heterocycles. The molecule has 0 bridgehead atoms. The number of benzene rings is 1. The van der Waals surface area contributed by atoms with Crippen molar-refractivity contribution in [1.82, 2.24) is 0 Å². The molecule has 6 heteroatoms. The van der Waals surface area contributed by atoms with Crippen LogP contribution in [-0.2, 0) is 17.6 Å². The molecule has 0 radical (unpaired) electrons. The topological polar surface area (TPSA) is 81.4 Å². The smallest absolute Gasteiger partial charge is 0.252 e. The van der Waals surface area contributed by atoms with Gasteiger partial charge in [0.25, 0.3) is 5.91 Å². The molecule has 2 aromatic rings. The third-order valence-corrected chi connectivity index (χ3v) is 5.40. The Kier molecular flexibility index (Phi) is 4.57. The lowest BCUT2D eigenvalue weighted by atomic mass is 9.91. The van der Waals surface area contributed by atoms with Gasteiger partial charge in [-0.25, -0.2) is 0 Å². The minimum absolute atomic E-state index is 0.207. The van der Waals surface area contributed by atoms with Crippen molar-refractivity contribution >= 4 is 28.2 Å². The van der Waals surface area contributed by atoms with Crippen molar-refractivity contribution in [2.24, 2.45) is 5.73 Å². The Morgan fingerprint density at radius 3 is 2.67 bits per heavy atom. The number of hydrogen-bond donors (Lipinski definition) is 2. The standard InChI is InChI=1S/C18H20N2O3S/c1-10(21)20-18-15(17(19)22)14-6-4-3-5-11-9-12(23-2)7-8-13(11)16(14)24-18/h7-9H,3-6H2,1-2H3,(H2,19,22)(H,20,21). The summed E-state index contributed by atoms with van der Waals surface area (Å²) < 4.78 is 5.33. The number of hydrogen-bond acceptors (Lipinski definition) is 4. The van der Waals surface area contributed by atoms with Crippen molar-refractivity contribution in [3.63, 3.8) is 0 Å². The lowest BCUT2D eigenvalue weighted by Crippen LogP contribution is -2.16. The number of aryl methyl sites for hydroxylation is 1. The average molecular weight is 344 g/mol. The molecular formula is C18H20N2O3S. The third-order valence-electron chi connectivity index (χ3n) is 4.22. The van der Waals surface area contributed by atoms with Crippen molar-refractivity contribution in [3.8, 4) is 16.2 Å². The number of nitrogens with one attached hydrogen (secondary N) is 1. The number of rotatable bonds is 3. The fourth-order valence-corrected chi connectivity index (χ4v) is 4.53. The molecule has 0 saturated carbocycles. The van der Waals surface area contributed by atoms with Gasteiger partial charge in [0.05, 0.1) is 12.7 Å². The molecule has 0 unspecified atom stereocenters. The second-order valence-corrected chi connectivity index (χ2v) is 6.91. The van der Waals surface area contributed by atoms with Crippen LogP contribution in [0.15, 0.2) is 18.2 Å². The van der Waals surface area contributed by atoms with Gasteiger partial charge in [0, 0.05) is 11.8 Å².